The van der Waals surface area contributed by atoms with Crippen LogP contribution in [0.25, 0.3) is 0 Å². The molecule has 1 aliphatic carbocycles. The van der Waals surface area contributed by atoms with Crippen LogP contribution in [0.5, 0.6) is 0 Å². The number of nitrogens with zero attached hydrogens (tertiary/aromatic N) is 6. The largest absolute Gasteiger partial charge is 0.352 e. The van der Waals surface area contributed by atoms with E-state index in [1.807, 2.05) is 6.20 Å². The summed E-state index contributed by atoms with van der Waals surface area (Å²) in [6.07, 6.45) is 6.09. The summed E-state index contributed by atoms with van der Waals surface area (Å²) < 4.78 is 0. The highest BCUT2D eigenvalue weighted by atomic mass is 15.4. The third-order valence-corrected chi connectivity index (χ3v) is 5.16. The predicted molar refractivity (Wildman–Crippen MR) is 99.1 cm³/mol. The number of anilines is 2. The second-order valence-corrected chi connectivity index (χ2v) is 8.24. The van der Waals surface area contributed by atoms with Gasteiger partial charge in [-0.3, -0.25) is 4.98 Å². The van der Waals surface area contributed by atoms with Crippen LogP contribution in [0, 0.1) is 0 Å². The van der Waals surface area contributed by atoms with Crippen molar-refractivity contribution in [2.45, 2.75) is 51.0 Å². The molecular formula is C19H26N6. The average molecular weight is 338 g/mol. The molecule has 1 saturated carbocycles. The Labute approximate surface area is 149 Å². The van der Waals surface area contributed by atoms with E-state index in [1.54, 1.807) is 6.20 Å². The molecule has 132 valence electrons. The summed E-state index contributed by atoms with van der Waals surface area (Å²) in [5.74, 6) is 2.61. The highest BCUT2D eigenvalue weighted by molar-refractivity contribution is 5.51. The average Bonchev–Trinajstić information content (AvgIpc) is 3.38. The first-order valence-corrected chi connectivity index (χ1v) is 9.06. The van der Waals surface area contributed by atoms with Gasteiger partial charge in [0.05, 0.1) is 17.4 Å². The minimum atomic E-state index is 0.0361. The summed E-state index contributed by atoms with van der Waals surface area (Å²) in [5, 5.41) is 8.82. The molecule has 2 aromatic rings. The van der Waals surface area contributed by atoms with E-state index in [-0.39, 0.29) is 5.41 Å². The van der Waals surface area contributed by atoms with Gasteiger partial charge in [0.15, 0.2) is 11.6 Å². The van der Waals surface area contributed by atoms with Gasteiger partial charge in [0.1, 0.15) is 0 Å². The fourth-order valence-corrected chi connectivity index (χ4v) is 3.21. The second kappa shape index (κ2) is 5.93. The van der Waals surface area contributed by atoms with E-state index in [2.05, 4.69) is 69.9 Å². The molecule has 2 aromatic heterocycles. The molecular weight excluding hydrogens is 312 g/mol. The summed E-state index contributed by atoms with van der Waals surface area (Å²) in [6, 6.07) is 4.62. The van der Waals surface area contributed by atoms with Crippen LogP contribution in [-0.4, -0.2) is 46.3 Å². The SMILES string of the molecule is CN(c1nccnc1C1CC1)C1CN(c2ccc(C(C)(C)C)nn2)C1. The Morgan fingerprint density at radius 3 is 2.36 bits per heavy atom. The van der Waals surface area contributed by atoms with Crippen LogP contribution >= 0.6 is 0 Å². The highest BCUT2D eigenvalue weighted by Crippen LogP contribution is 2.42. The van der Waals surface area contributed by atoms with Crippen LogP contribution in [-0.2, 0) is 5.41 Å². The number of likely N-dealkylation sites (N-methyl/N-ethyl adjacent to an activating group) is 1. The molecule has 0 bridgehead atoms. The molecule has 4 rings (SSSR count). The van der Waals surface area contributed by atoms with Crippen LogP contribution in [0.4, 0.5) is 11.6 Å². The lowest BCUT2D eigenvalue weighted by Gasteiger charge is -2.45. The van der Waals surface area contributed by atoms with Gasteiger partial charge in [0.2, 0.25) is 0 Å². The zero-order valence-electron chi connectivity index (χ0n) is 15.5. The number of aromatic nitrogens is 4. The van der Waals surface area contributed by atoms with Crippen molar-refractivity contribution >= 4 is 11.6 Å². The van der Waals surface area contributed by atoms with Gasteiger partial charge in [-0.25, -0.2) is 4.98 Å². The predicted octanol–water partition coefficient (Wildman–Crippen LogP) is 2.77. The Morgan fingerprint density at radius 2 is 1.76 bits per heavy atom. The van der Waals surface area contributed by atoms with Gasteiger partial charge >= 0.3 is 0 Å². The Hall–Kier alpha value is -2.24. The van der Waals surface area contributed by atoms with E-state index in [0.29, 0.717) is 12.0 Å². The molecule has 0 amide bonds. The maximum Gasteiger partial charge on any atom is 0.151 e. The molecule has 2 fully saturated rings. The van der Waals surface area contributed by atoms with E-state index in [4.69, 9.17) is 0 Å². The summed E-state index contributed by atoms with van der Waals surface area (Å²) in [4.78, 5) is 13.7. The molecule has 6 heteroatoms. The molecule has 25 heavy (non-hydrogen) atoms. The van der Waals surface area contributed by atoms with Crippen molar-refractivity contribution in [2.24, 2.45) is 0 Å². The molecule has 0 aromatic carbocycles. The van der Waals surface area contributed by atoms with E-state index in [0.717, 1.165) is 36.1 Å². The van der Waals surface area contributed by atoms with Crippen molar-refractivity contribution in [1.29, 1.82) is 0 Å². The Bertz CT molecular complexity index is 741. The van der Waals surface area contributed by atoms with E-state index < -0.39 is 0 Å². The lowest BCUT2D eigenvalue weighted by molar-refractivity contribution is 0.483. The Balaban J connectivity index is 1.42. The first-order chi connectivity index (χ1) is 11.9. The first-order valence-electron chi connectivity index (χ1n) is 9.06. The third kappa shape index (κ3) is 3.17. The number of hydrogen-bond acceptors (Lipinski definition) is 6. The van der Waals surface area contributed by atoms with E-state index in [9.17, 15) is 0 Å². The summed E-state index contributed by atoms with van der Waals surface area (Å²) in [6.45, 7) is 8.36. The summed E-state index contributed by atoms with van der Waals surface area (Å²) in [5.41, 5.74) is 2.23. The topological polar surface area (TPSA) is 58.0 Å². The maximum absolute atomic E-state index is 4.60. The zero-order chi connectivity index (χ0) is 17.6. The summed E-state index contributed by atoms with van der Waals surface area (Å²) in [7, 11) is 2.13. The lowest BCUT2D eigenvalue weighted by atomic mass is 9.92. The quantitative estimate of drug-likeness (QED) is 0.854. The lowest BCUT2D eigenvalue weighted by Crippen LogP contribution is -2.59. The van der Waals surface area contributed by atoms with Crippen LogP contribution < -0.4 is 9.80 Å². The van der Waals surface area contributed by atoms with Crippen molar-refractivity contribution < 1.29 is 0 Å². The van der Waals surface area contributed by atoms with Gasteiger partial charge in [-0.1, -0.05) is 20.8 Å². The molecule has 3 heterocycles. The summed E-state index contributed by atoms with van der Waals surface area (Å²) >= 11 is 0. The molecule has 6 nitrogen and oxygen atoms in total. The van der Waals surface area contributed by atoms with E-state index >= 15 is 0 Å². The molecule has 0 spiro atoms. The molecule has 0 radical (unpaired) electrons. The van der Waals surface area contributed by atoms with Gasteiger partial charge in [0.25, 0.3) is 0 Å². The van der Waals surface area contributed by atoms with Gasteiger partial charge < -0.3 is 9.80 Å². The van der Waals surface area contributed by atoms with Gasteiger partial charge in [-0.05, 0) is 25.0 Å². The van der Waals surface area contributed by atoms with Crippen LogP contribution in [0.1, 0.15) is 50.9 Å². The zero-order valence-corrected chi connectivity index (χ0v) is 15.5. The molecule has 1 aliphatic heterocycles. The standard InChI is InChI=1S/C19H26N6/c1-19(2,3)15-7-8-16(23-22-15)25-11-14(12-25)24(4)18-17(13-5-6-13)20-9-10-21-18/h7-10,13-14H,5-6,11-12H2,1-4H3. The molecule has 0 N–H and O–H groups in total. The number of rotatable bonds is 4. The maximum atomic E-state index is 4.60. The second-order valence-electron chi connectivity index (χ2n) is 8.24. The molecule has 0 atom stereocenters. The minimum Gasteiger partial charge on any atom is -0.352 e. The fourth-order valence-electron chi connectivity index (χ4n) is 3.21. The molecule has 2 aliphatic rings. The smallest absolute Gasteiger partial charge is 0.151 e. The molecule has 1 saturated heterocycles. The number of hydrogen-bond donors (Lipinski definition) is 0. The normalized spacial score (nSPS) is 18.2. The Morgan fingerprint density at radius 1 is 1.04 bits per heavy atom. The van der Waals surface area contributed by atoms with Gasteiger partial charge in [-0.2, -0.15) is 5.10 Å². The van der Waals surface area contributed by atoms with Gasteiger partial charge in [0, 0.05) is 43.9 Å². The van der Waals surface area contributed by atoms with Crippen molar-refractivity contribution in [3.8, 4) is 0 Å². The minimum absolute atomic E-state index is 0.0361. The highest BCUT2D eigenvalue weighted by Gasteiger charge is 2.35. The first kappa shape index (κ1) is 16.2. The fraction of sp³-hybridized carbons (Fsp3) is 0.579. The van der Waals surface area contributed by atoms with E-state index in [1.165, 1.54) is 12.8 Å². The van der Waals surface area contributed by atoms with Crippen molar-refractivity contribution in [3.05, 3.63) is 35.9 Å². The Kier molecular flexibility index (Phi) is 3.85. The van der Waals surface area contributed by atoms with Crippen molar-refractivity contribution in [1.82, 2.24) is 20.2 Å². The van der Waals surface area contributed by atoms with Crippen LogP contribution in [0.2, 0.25) is 0 Å². The monoisotopic (exact) mass is 338 g/mol. The van der Waals surface area contributed by atoms with Crippen molar-refractivity contribution in [3.63, 3.8) is 0 Å². The van der Waals surface area contributed by atoms with Gasteiger partial charge in [-0.15, -0.1) is 5.10 Å². The van der Waals surface area contributed by atoms with Crippen LogP contribution in [0.15, 0.2) is 24.5 Å². The van der Waals surface area contributed by atoms with Crippen LogP contribution in [0.3, 0.4) is 0 Å². The molecule has 0 unspecified atom stereocenters. The third-order valence-electron chi connectivity index (χ3n) is 5.16. The van der Waals surface area contributed by atoms with Crippen molar-refractivity contribution in [2.75, 3.05) is 29.9 Å².